The van der Waals surface area contributed by atoms with Gasteiger partial charge < -0.3 is 14.8 Å². The Hall–Kier alpha value is -2.42. The van der Waals surface area contributed by atoms with Crippen LogP contribution in [0, 0.1) is 5.82 Å². The van der Waals surface area contributed by atoms with Gasteiger partial charge in [0.15, 0.2) is 14.1 Å². The summed E-state index contributed by atoms with van der Waals surface area (Å²) in [6.07, 6.45) is 0.642. The second-order valence-electron chi connectivity index (χ2n) is 8.61. The molecular formula is C22H29FN2O4Si. The van der Waals surface area contributed by atoms with Gasteiger partial charge in [-0.2, -0.15) is 0 Å². The molecule has 0 aliphatic rings. The van der Waals surface area contributed by atoms with Gasteiger partial charge in [-0.3, -0.25) is 14.6 Å². The van der Waals surface area contributed by atoms with E-state index in [-0.39, 0.29) is 35.0 Å². The lowest BCUT2D eigenvalue weighted by Crippen LogP contribution is -2.46. The van der Waals surface area contributed by atoms with E-state index in [4.69, 9.17) is 4.43 Å². The average molecular weight is 433 g/mol. The topological polar surface area (TPSA) is 88.5 Å². The van der Waals surface area contributed by atoms with Crippen LogP contribution in [-0.4, -0.2) is 42.8 Å². The number of carbonyl (C=O) groups is 2. The number of amides is 1. The number of anilines is 1. The van der Waals surface area contributed by atoms with Crippen molar-refractivity contribution in [3.05, 3.63) is 59.7 Å². The molecule has 0 saturated carbocycles. The highest BCUT2D eigenvalue weighted by Gasteiger charge is 2.41. The Balaban J connectivity index is 2.21. The lowest BCUT2D eigenvalue weighted by atomic mass is 10.0. The van der Waals surface area contributed by atoms with Crippen molar-refractivity contribution in [2.75, 3.05) is 11.9 Å². The second-order valence-corrected chi connectivity index (χ2v) is 13.4. The van der Waals surface area contributed by atoms with Gasteiger partial charge in [-0.15, -0.1) is 0 Å². The number of pyridine rings is 1. The van der Waals surface area contributed by atoms with E-state index >= 15 is 0 Å². The first-order chi connectivity index (χ1) is 14.0. The number of aliphatic hydroxyl groups excluding tert-OH is 1. The van der Waals surface area contributed by atoms with Crippen LogP contribution in [0.15, 0.2) is 42.6 Å². The van der Waals surface area contributed by atoms with Crippen molar-refractivity contribution in [2.24, 2.45) is 0 Å². The minimum absolute atomic E-state index is 0.0863. The lowest BCUT2D eigenvalue weighted by molar-refractivity contribution is 0.0706. The molecule has 1 heterocycles. The molecule has 2 N–H and O–H groups in total. The molecule has 1 aromatic heterocycles. The number of carbonyl (C=O) groups excluding carboxylic acids is 2. The zero-order valence-electron chi connectivity index (χ0n) is 18.0. The number of nitrogens with one attached hydrogen (secondary N) is 1. The average Bonchev–Trinajstić information content (AvgIpc) is 2.67. The number of benzene rings is 1. The van der Waals surface area contributed by atoms with Crippen molar-refractivity contribution in [1.29, 1.82) is 0 Å². The predicted molar refractivity (Wildman–Crippen MR) is 117 cm³/mol. The second kappa shape index (κ2) is 9.59. The smallest absolute Gasteiger partial charge is 0.274 e. The van der Waals surface area contributed by atoms with Crippen LogP contribution < -0.4 is 5.32 Å². The van der Waals surface area contributed by atoms with Crippen molar-refractivity contribution < 1.29 is 23.5 Å². The van der Waals surface area contributed by atoms with Crippen molar-refractivity contribution in [2.45, 2.75) is 51.4 Å². The maximum Gasteiger partial charge on any atom is 0.274 e. The van der Waals surface area contributed by atoms with Gasteiger partial charge in [0.25, 0.3) is 5.91 Å². The monoisotopic (exact) mass is 432 g/mol. The third-order valence-electron chi connectivity index (χ3n) is 5.32. The van der Waals surface area contributed by atoms with Crippen molar-refractivity contribution >= 4 is 25.7 Å². The SMILES string of the molecule is CC(C)(C)[Si](C)(C)OC(CCO)C(=O)c1ccc(NC(=O)c2ccccn2)cc1F. The molecule has 0 saturated heterocycles. The van der Waals surface area contributed by atoms with E-state index in [9.17, 15) is 19.1 Å². The molecule has 0 spiro atoms. The van der Waals surface area contributed by atoms with E-state index in [2.05, 4.69) is 10.3 Å². The molecule has 0 aliphatic carbocycles. The third-order valence-corrected chi connectivity index (χ3v) is 9.80. The summed E-state index contributed by atoms with van der Waals surface area (Å²) in [7, 11) is -2.31. The number of aromatic nitrogens is 1. The maximum absolute atomic E-state index is 14.7. The number of hydrogen-bond donors (Lipinski definition) is 2. The molecule has 0 bridgehead atoms. The number of halogens is 1. The van der Waals surface area contributed by atoms with Gasteiger partial charge in [-0.05, 0) is 48.5 Å². The van der Waals surface area contributed by atoms with Crippen LogP contribution >= 0.6 is 0 Å². The van der Waals surface area contributed by atoms with Crippen LogP contribution in [0.4, 0.5) is 10.1 Å². The normalized spacial score (nSPS) is 13.0. The fourth-order valence-corrected chi connectivity index (χ4v) is 3.84. The summed E-state index contributed by atoms with van der Waals surface area (Å²) < 4.78 is 20.9. The molecular weight excluding hydrogens is 403 g/mol. The van der Waals surface area contributed by atoms with Crippen LogP contribution in [-0.2, 0) is 4.43 Å². The summed E-state index contributed by atoms with van der Waals surface area (Å²) in [5.41, 5.74) is 0.274. The fourth-order valence-electron chi connectivity index (χ4n) is 2.55. The quantitative estimate of drug-likeness (QED) is 0.476. The molecule has 8 heteroatoms. The van der Waals surface area contributed by atoms with Gasteiger partial charge in [-0.1, -0.05) is 26.8 Å². The first kappa shape index (κ1) is 23.9. The molecule has 2 aromatic rings. The Kier molecular flexibility index (Phi) is 7.63. The molecule has 0 fully saturated rings. The summed E-state index contributed by atoms with van der Waals surface area (Å²) >= 11 is 0. The van der Waals surface area contributed by atoms with E-state index in [1.165, 1.54) is 18.3 Å². The number of rotatable bonds is 8. The van der Waals surface area contributed by atoms with Crippen LogP contribution in [0.2, 0.25) is 18.1 Å². The van der Waals surface area contributed by atoms with Crippen molar-refractivity contribution in [3.63, 3.8) is 0 Å². The highest BCUT2D eigenvalue weighted by molar-refractivity contribution is 6.74. The number of aliphatic hydroxyl groups is 1. The van der Waals surface area contributed by atoms with E-state index in [0.717, 1.165) is 6.07 Å². The number of Topliss-reactive ketones (excluding diaryl/α,β-unsaturated/α-hetero) is 1. The fraction of sp³-hybridized carbons (Fsp3) is 0.409. The van der Waals surface area contributed by atoms with E-state index in [0.29, 0.717) is 0 Å². The van der Waals surface area contributed by atoms with Gasteiger partial charge in [0, 0.05) is 24.9 Å². The molecule has 1 amide bonds. The van der Waals surface area contributed by atoms with Gasteiger partial charge in [-0.25, -0.2) is 4.39 Å². The minimum atomic E-state index is -2.31. The highest BCUT2D eigenvalue weighted by atomic mass is 28.4. The molecule has 1 atom stereocenters. The first-order valence-electron chi connectivity index (χ1n) is 9.81. The Bertz CT molecular complexity index is 898. The zero-order chi connectivity index (χ0) is 22.5. The largest absolute Gasteiger partial charge is 0.406 e. The molecule has 0 radical (unpaired) electrons. The van der Waals surface area contributed by atoms with Gasteiger partial charge >= 0.3 is 0 Å². The summed E-state index contributed by atoms with van der Waals surface area (Å²) in [6.45, 7) is 9.87. The Morgan fingerprint density at radius 3 is 2.47 bits per heavy atom. The van der Waals surface area contributed by atoms with Gasteiger partial charge in [0.05, 0.1) is 5.56 Å². The maximum atomic E-state index is 14.7. The van der Waals surface area contributed by atoms with Crippen LogP contribution in [0.5, 0.6) is 0 Å². The molecule has 30 heavy (non-hydrogen) atoms. The van der Waals surface area contributed by atoms with Crippen molar-refractivity contribution in [3.8, 4) is 0 Å². The summed E-state index contributed by atoms with van der Waals surface area (Å²) in [5, 5.41) is 11.8. The molecule has 2 rings (SSSR count). The molecule has 6 nitrogen and oxygen atoms in total. The first-order valence-corrected chi connectivity index (χ1v) is 12.7. The molecule has 0 aliphatic heterocycles. The van der Waals surface area contributed by atoms with Crippen molar-refractivity contribution in [1.82, 2.24) is 4.98 Å². The Morgan fingerprint density at radius 1 is 1.23 bits per heavy atom. The van der Waals surface area contributed by atoms with E-state index < -0.39 is 31.9 Å². The van der Waals surface area contributed by atoms with Crippen LogP contribution in [0.3, 0.4) is 0 Å². The molecule has 1 aromatic carbocycles. The Labute approximate surface area is 177 Å². The summed E-state index contributed by atoms with van der Waals surface area (Å²) in [6, 6.07) is 8.78. The molecule has 162 valence electrons. The molecule has 1 unspecified atom stereocenters. The Morgan fingerprint density at radius 2 is 1.93 bits per heavy atom. The van der Waals surface area contributed by atoms with Crippen LogP contribution in [0.1, 0.15) is 48.0 Å². The number of ketones is 1. The summed E-state index contributed by atoms with van der Waals surface area (Å²) in [5.74, 6) is -1.76. The van der Waals surface area contributed by atoms with E-state index in [1.807, 2.05) is 33.9 Å². The number of nitrogens with zero attached hydrogens (tertiary/aromatic N) is 1. The standard InChI is InChI=1S/C22H29FN2O4Si/c1-22(2,3)30(4,5)29-19(11-13-26)20(27)16-10-9-15(14-17(16)23)25-21(28)18-8-6-7-12-24-18/h6-10,12,14,19,26H,11,13H2,1-5H3,(H,25,28). The van der Waals surface area contributed by atoms with Gasteiger partial charge in [0.2, 0.25) is 0 Å². The van der Waals surface area contributed by atoms with Crippen LogP contribution in [0.25, 0.3) is 0 Å². The third kappa shape index (κ3) is 5.81. The minimum Gasteiger partial charge on any atom is -0.406 e. The predicted octanol–water partition coefficient (Wildman–Crippen LogP) is 4.43. The van der Waals surface area contributed by atoms with Gasteiger partial charge in [0.1, 0.15) is 17.6 Å². The highest BCUT2D eigenvalue weighted by Crippen LogP contribution is 2.38. The zero-order valence-corrected chi connectivity index (χ0v) is 19.0. The lowest BCUT2D eigenvalue weighted by Gasteiger charge is -2.38. The van der Waals surface area contributed by atoms with E-state index in [1.54, 1.807) is 18.2 Å². The summed E-state index contributed by atoms with van der Waals surface area (Å²) in [4.78, 5) is 29.1. The number of hydrogen-bond acceptors (Lipinski definition) is 5.